The number of aryl methyl sites for hydroxylation is 1. The molecule has 2 aliphatic rings. The van der Waals surface area contributed by atoms with Crippen LogP contribution in [0.25, 0.3) is 0 Å². The van der Waals surface area contributed by atoms with Crippen LogP contribution in [0, 0.1) is 18.7 Å². The summed E-state index contributed by atoms with van der Waals surface area (Å²) in [4.78, 5) is 82.9. The standard InChI is InChI=1S/C35H45FN6O6S/c1-19(2)30-35(48)42-18-24(38-32(45)23-11-12-25(36)20(3)15-23)16-28(42)34(47)37-21(4)31(44)40-27(22-9-7-6-8-10-22)17-29(43)39-26(13-14-49-5)33(46)41-30/h6-12,15,19,21,24,26-28,30H,13-14,16-18H2,1-5H3,(H,37,47)(H,38,45)(H,39,43)(H,40,44)(H,41,46)/t21-,24-,26-,27-,28-,30-/m0/s1. The van der Waals surface area contributed by atoms with Crippen LogP contribution in [-0.4, -0.2) is 89.1 Å². The molecule has 2 fully saturated rings. The van der Waals surface area contributed by atoms with Gasteiger partial charge in [0.15, 0.2) is 0 Å². The van der Waals surface area contributed by atoms with Gasteiger partial charge in [-0.25, -0.2) is 4.39 Å². The zero-order chi connectivity index (χ0) is 35.8. The number of halogens is 1. The molecule has 0 spiro atoms. The first-order chi connectivity index (χ1) is 23.3. The maximum Gasteiger partial charge on any atom is 0.251 e. The first-order valence-electron chi connectivity index (χ1n) is 16.4. The topological polar surface area (TPSA) is 166 Å². The summed E-state index contributed by atoms with van der Waals surface area (Å²) in [6.07, 6.45) is 2.04. The molecule has 12 nitrogen and oxygen atoms in total. The number of fused-ring (bicyclic) bond motifs is 1. The van der Waals surface area contributed by atoms with E-state index in [1.165, 1.54) is 41.8 Å². The number of carbonyl (C=O) groups is 6. The van der Waals surface area contributed by atoms with Gasteiger partial charge in [0.25, 0.3) is 5.91 Å². The minimum atomic E-state index is -1.08. The third kappa shape index (κ3) is 9.58. The van der Waals surface area contributed by atoms with Crippen molar-refractivity contribution in [3.8, 4) is 0 Å². The summed E-state index contributed by atoms with van der Waals surface area (Å²) in [5.74, 6) is -3.52. The fraction of sp³-hybridized carbons (Fsp3) is 0.486. The van der Waals surface area contributed by atoms with Crippen LogP contribution in [0.1, 0.15) is 67.6 Å². The zero-order valence-electron chi connectivity index (χ0n) is 28.4. The van der Waals surface area contributed by atoms with Crippen LogP contribution in [0.5, 0.6) is 0 Å². The van der Waals surface area contributed by atoms with E-state index in [4.69, 9.17) is 0 Å². The number of nitrogens with zero attached hydrogens (tertiary/aromatic N) is 1. The van der Waals surface area contributed by atoms with Crippen LogP contribution in [0.2, 0.25) is 0 Å². The SMILES string of the molecule is CSCC[C@@H]1NC(=O)C[C@@H](c2ccccc2)NC(=O)[C@H](C)NC(=O)[C@@H]2C[C@H](NC(=O)c3ccc(F)c(C)c3)CN2C(=O)[C@H](C(C)C)NC1=O. The third-order valence-corrected chi connectivity index (χ3v) is 9.44. The van der Waals surface area contributed by atoms with Crippen molar-refractivity contribution in [2.24, 2.45) is 5.92 Å². The van der Waals surface area contributed by atoms with Crippen molar-refractivity contribution in [1.82, 2.24) is 31.5 Å². The number of hydrogen-bond acceptors (Lipinski definition) is 7. The van der Waals surface area contributed by atoms with Gasteiger partial charge in [-0.1, -0.05) is 44.2 Å². The Balaban J connectivity index is 1.67. The van der Waals surface area contributed by atoms with E-state index in [1.54, 1.807) is 45.0 Å². The van der Waals surface area contributed by atoms with Crippen molar-refractivity contribution >= 4 is 47.2 Å². The molecular formula is C35H45FN6O6S. The van der Waals surface area contributed by atoms with Crippen LogP contribution >= 0.6 is 11.8 Å². The predicted octanol–water partition coefficient (Wildman–Crippen LogP) is 1.98. The van der Waals surface area contributed by atoms with Crippen LogP contribution in [-0.2, 0) is 24.0 Å². The fourth-order valence-electron chi connectivity index (χ4n) is 5.99. The highest BCUT2D eigenvalue weighted by atomic mass is 32.2. The lowest BCUT2D eigenvalue weighted by Gasteiger charge is -2.32. The van der Waals surface area contributed by atoms with Crippen molar-refractivity contribution < 1.29 is 33.2 Å². The molecule has 2 aromatic rings. The maximum atomic E-state index is 14.2. The highest BCUT2D eigenvalue weighted by Crippen LogP contribution is 2.23. The molecule has 5 N–H and O–H groups in total. The molecule has 0 saturated carbocycles. The van der Waals surface area contributed by atoms with Gasteiger partial charge in [0.1, 0.15) is 30.0 Å². The number of amides is 6. The van der Waals surface area contributed by atoms with Crippen molar-refractivity contribution in [3.63, 3.8) is 0 Å². The number of thioether (sulfide) groups is 1. The lowest BCUT2D eigenvalue weighted by atomic mass is 10.0. The molecule has 2 aliphatic heterocycles. The minimum Gasteiger partial charge on any atom is -0.347 e. The molecule has 6 amide bonds. The average Bonchev–Trinajstić information content (AvgIpc) is 3.49. The Morgan fingerprint density at radius 3 is 2.35 bits per heavy atom. The molecule has 6 atom stereocenters. The largest absolute Gasteiger partial charge is 0.347 e. The van der Waals surface area contributed by atoms with Gasteiger partial charge in [0, 0.05) is 18.2 Å². The van der Waals surface area contributed by atoms with E-state index >= 15 is 0 Å². The molecule has 0 bridgehead atoms. The summed E-state index contributed by atoms with van der Waals surface area (Å²) in [5.41, 5.74) is 1.18. The van der Waals surface area contributed by atoms with Gasteiger partial charge in [-0.05, 0) is 73.9 Å². The van der Waals surface area contributed by atoms with Crippen molar-refractivity contribution in [2.75, 3.05) is 18.6 Å². The van der Waals surface area contributed by atoms with Gasteiger partial charge >= 0.3 is 0 Å². The zero-order valence-corrected chi connectivity index (χ0v) is 29.2. The number of nitrogens with one attached hydrogen (secondary N) is 5. The molecule has 264 valence electrons. The monoisotopic (exact) mass is 696 g/mol. The van der Waals surface area contributed by atoms with Gasteiger partial charge in [-0.2, -0.15) is 11.8 Å². The fourth-order valence-corrected chi connectivity index (χ4v) is 6.46. The van der Waals surface area contributed by atoms with Gasteiger partial charge in [-0.15, -0.1) is 0 Å². The maximum absolute atomic E-state index is 14.2. The van der Waals surface area contributed by atoms with Gasteiger partial charge in [0.05, 0.1) is 12.5 Å². The second kappa shape index (κ2) is 16.8. The molecule has 4 rings (SSSR count). The molecule has 49 heavy (non-hydrogen) atoms. The second-order valence-corrected chi connectivity index (χ2v) is 13.9. The summed E-state index contributed by atoms with van der Waals surface area (Å²) < 4.78 is 13.9. The van der Waals surface area contributed by atoms with E-state index in [0.29, 0.717) is 23.3 Å². The second-order valence-electron chi connectivity index (χ2n) is 12.9. The Kier molecular flexibility index (Phi) is 12.8. The quantitative estimate of drug-likeness (QED) is 0.295. The molecule has 2 saturated heterocycles. The van der Waals surface area contributed by atoms with E-state index in [0.717, 1.165) is 0 Å². The number of rotatable bonds is 7. The van der Waals surface area contributed by atoms with Crippen LogP contribution in [0.3, 0.4) is 0 Å². The summed E-state index contributed by atoms with van der Waals surface area (Å²) >= 11 is 1.50. The first kappa shape index (κ1) is 37.4. The summed E-state index contributed by atoms with van der Waals surface area (Å²) in [5, 5.41) is 14.0. The highest BCUT2D eigenvalue weighted by molar-refractivity contribution is 7.98. The molecule has 2 heterocycles. The van der Waals surface area contributed by atoms with Crippen LogP contribution < -0.4 is 26.6 Å². The van der Waals surface area contributed by atoms with Crippen LogP contribution in [0.4, 0.5) is 4.39 Å². The average molecular weight is 697 g/mol. The Labute approximate surface area is 290 Å². The van der Waals surface area contributed by atoms with Crippen LogP contribution in [0.15, 0.2) is 48.5 Å². The third-order valence-electron chi connectivity index (χ3n) is 8.80. The van der Waals surface area contributed by atoms with Gasteiger partial charge < -0.3 is 31.5 Å². The highest BCUT2D eigenvalue weighted by Gasteiger charge is 2.44. The normalized spacial score (nSPS) is 25.6. The lowest BCUT2D eigenvalue weighted by molar-refractivity contribution is -0.143. The molecular weight excluding hydrogens is 651 g/mol. The molecule has 0 unspecified atom stereocenters. The Bertz CT molecular complexity index is 1560. The van der Waals surface area contributed by atoms with E-state index in [2.05, 4.69) is 26.6 Å². The molecule has 0 aliphatic carbocycles. The number of benzene rings is 2. The van der Waals surface area contributed by atoms with Gasteiger partial charge in [0.2, 0.25) is 29.5 Å². The summed E-state index contributed by atoms with van der Waals surface area (Å²) in [6.45, 7) is 6.51. The van der Waals surface area contributed by atoms with E-state index in [-0.39, 0.29) is 24.9 Å². The summed E-state index contributed by atoms with van der Waals surface area (Å²) in [6, 6.07) is 7.32. The Morgan fingerprint density at radius 2 is 1.69 bits per heavy atom. The minimum absolute atomic E-state index is 0.0373. The van der Waals surface area contributed by atoms with E-state index in [1.807, 2.05) is 12.3 Å². The number of hydrogen-bond donors (Lipinski definition) is 5. The van der Waals surface area contributed by atoms with E-state index in [9.17, 15) is 33.2 Å². The van der Waals surface area contributed by atoms with E-state index < -0.39 is 83.4 Å². The van der Waals surface area contributed by atoms with Crippen molar-refractivity contribution in [1.29, 1.82) is 0 Å². The molecule has 0 aromatic heterocycles. The smallest absolute Gasteiger partial charge is 0.251 e. The predicted molar refractivity (Wildman–Crippen MR) is 184 cm³/mol. The van der Waals surface area contributed by atoms with Crippen molar-refractivity contribution in [3.05, 3.63) is 71.0 Å². The van der Waals surface area contributed by atoms with Gasteiger partial charge in [-0.3, -0.25) is 28.8 Å². The molecule has 0 radical (unpaired) electrons. The lowest BCUT2D eigenvalue weighted by Crippen LogP contribution is -2.59. The first-order valence-corrected chi connectivity index (χ1v) is 17.8. The Morgan fingerprint density at radius 1 is 0.980 bits per heavy atom. The Hall–Kier alpha value is -4.46. The summed E-state index contributed by atoms with van der Waals surface area (Å²) in [7, 11) is 0. The van der Waals surface area contributed by atoms with Crippen molar-refractivity contribution in [2.45, 2.75) is 83.2 Å². The molecule has 14 heteroatoms. The number of carbonyl (C=O) groups excluding carboxylic acids is 6. The molecule has 2 aromatic carbocycles.